The van der Waals surface area contributed by atoms with Crippen molar-refractivity contribution in [3.63, 3.8) is 0 Å². The number of likely N-dealkylation sites (tertiary alicyclic amines) is 1. The van der Waals surface area contributed by atoms with Crippen molar-refractivity contribution in [2.24, 2.45) is 5.41 Å². The zero-order chi connectivity index (χ0) is 23.4. The van der Waals surface area contributed by atoms with Crippen molar-refractivity contribution in [1.29, 1.82) is 0 Å². The Kier molecular flexibility index (Phi) is 7.13. The molecule has 6 nitrogen and oxygen atoms in total. The first kappa shape index (κ1) is 23.4. The second kappa shape index (κ2) is 10.0. The molecule has 0 aromatic heterocycles. The van der Waals surface area contributed by atoms with E-state index in [9.17, 15) is 4.79 Å². The molecular formula is C27H37N3O3. The molecule has 1 spiro atoms. The van der Waals surface area contributed by atoms with Crippen LogP contribution >= 0.6 is 0 Å². The molecular weight excluding hydrogens is 414 g/mol. The van der Waals surface area contributed by atoms with Crippen LogP contribution in [0.4, 0.5) is 11.4 Å². The summed E-state index contributed by atoms with van der Waals surface area (Å²) < 4.78 is 5.99. The Bertz CT molecular complexity index is 940. The van der Waals surface area contributed by atoms with Gasteiger partial charge in [0.2, 0.25) is 0 Å². The second-order valence-corrected chi connectivity index (χ2v) is 9.39. The van der Waals surface area contributed by atoms with Gasteiger partial charge < -0.3 is 19.6 Å². The third-order valence-corrected chi connectivity index (χ3v) is 7.28. The van der Waals surface area contributed by atoms with Gasteiger partial charge in [0, 0.05) is 43.8 Å². The molecule has 2 fully saturated rings. The standard InChI is InChI=1S/C27H37N3O3/c1-4-29(5-2)24-12-7-21(17-25(24)33-6-3)18-28-15-13-27(14-16-28)19-30(20-27)23-10-8-22(9-11-23)26(31)32/h7-12,17H,4-6,13-16,18-20H2,1-3H3,(H,31,32). The number of piperidine rings is 1. The Hall–Kier alpha value is -2.73. The molecule has 0 aliphatic carbocycles. The number of benzene rings is 2. The van der Waals surface area contributed by atoms with E-state index in [2.05, 4.69) is 46.7 Å². The zero-order valence-electron chi connectivity index (χ0n) is 20.2. The Morgan fingerprint density at radius 1 is 1.03 bits per heavy atom. The summed E-state index contributed by atoms with van der Waals surface area (Å²) in [5.74, 6) is 0.126. The van der Waals surface area contributed by atoms with Gasteiger partial charge in [0.15, 0.2) is 0 Å². The maximum Gasteiger partial charge on any atom is 0.335 e. The first-order valence-corrected chi connectivity index (χ1v) is 12.3. The van der Waals surface area contributed by atoms with Crippen LogP contribution in [0.3, 0.4) is 0 Å². The van der Waals surface area contributed by atoms with Gasteiger partial charge in [-0.3, -0.25) is 4.90 Å². The van der Waals surface area contributed by atoms with Crippen molar-refractivity contribution in [3.05, 3.63) is 53.6 Å². The summed E-state index contributed by atoms with van der Waals surface area (Å²) in [6.45, 7) is 14.4. The minimum Gasteiger partial charge on any atom is -0.492 e. The molecule has 0 unspecified atom stereocenters. The Labute approximate surface area is 197 Å². The van der Waals surface area contributed by atoms with Gasteiger partial charge in [-0.2, -0.15) is 0 Å². The van der Waals surface area contributed by atoms with E-state index < -0.39 is 5.97 Å². The third kappa shape index (κ3) is 5.11. The van der Waals surface area contributed by atoms with Gasteiger partial charge in [-0.1, -0.05) is 6.07 Å². The molecule has 33 heavy (non-hydrogen) atoms. The molecule has 0 radical (unpaired) electrons. The lowest BCUT2D eigenvalue weighted by molar-refractivity contribution is 0.0695. The summed E-state index contributed by atoms with van der Waals surface area (Å²) in [4.78, 5) is 18.4. The predicted octanol–water partition coefficient (Wildman–Crippen LogP) is 4.73. The lowest BCUT2D eigenvalue weighted by atomic mass is 9.71. The minimum atomic E-state index is -0.870. The van der Waals surface area contributed by atoms with Crippen molar-refractivity contribution in [3.8, 4) is 5.75 Å². The summed E-state index contributed by atoms with van der Waals surface area (Å²) in [6.07, 6.45) is 2.43. The molecule has 2 aromatic rings. The summed E-state index contributed by atoms with van der Waals surface area (Å²) in [7, 11) is 0. The van der Waals surface area contributed by atoms with Gasteiger partial charge in [-0.25, -0.2) is 4.79 Å². The Morgan fingerprint density at radius 2 is 1.70 bits per heavy atom. The predicted molar refractivity (Wildman–Crippen MR) is 134 cm³/mol. The maximum atomic E-state index is 11.1. The van der Waals surface area contributed by atoms with Crippen LogP contribution in [-0.2, 0) is 6.54 Å². The van der Waals surface area contributed by atoms with Gasteiger partial charge in [0.25, 0.3) is 0 Å². The lowest BCUT2D eigenvalue weighted by Crippen LogP contribution is -2.60. The van der Waals surface area contributed by atoms with Crippen molar-refractivity contribution >= 4 is 17.3 Å². The third-order valence-electron chi connectivity index (χ3n) is 7.28. The number of hydrogen-bond donors (Lipinski definition) is 1. The fraction of sp³-hybridized carbons (Fsp3) is 0.519. The van der Waals surface area contributed by atoms with Gasteiger partial charge in [0.1, 0.15) is 5.75 Å². The molecule has 2 heterocycles. The number of nitrogens with zero attached hydrogens (tertiary/aromatic N) is 3. The minimum absolute atomic E-state index is 0.347. The number of anilines is 2. The molecule has 6 heteroatoms. The van der Waals surface area contributed by atoms with Gasteiger partial charge in [-0.15, -0.1) is 0 Å². The number of carboxylic acids is 1. The molecule has 2 aliphatic heterocycles. The highest BCUT2D eigenvalue weighted by Crippen LogP contribution is 2.43. The molecule has 0 amide bonds. The molecule has 1 N–H and O–H groups in total. The topological polar surface area (TPSA) is 56.3 Å². The summed E-state index contributed by atoms with van der Waals surface area (Å²) in [6, 6.07) is 14.0. The normalized spacial score (nSPS) is 17.6. The molecule has 4 rings (SSSR count). The smallest absolute Gasteiger partial charge is 0.335 e. The molecule has 0 saturated carbocycles. The first-order valence-electron chi connectivity index (χ1n) is 12.3. The molecule has 2 aliphatic rings. The van der Waals surface area contributed by atoms with Gasteiger partial charge >= 0.3 is 5.97 Å². The van der Waals surface area contributed by atoms with Crippen LogP contribution in [0, 0.1) is 5.41 Å². The highest BCUT2D eigenvalue weighted by Gasteiger charge is 2.44. The van der Waals surface area contributed by atoms with Crippen LogP contribution in [0.25, 0.3) is 0 Å². The van der Waals surface area contributed by atoms with Gasteiger partial charge in [0.05, 0.1) is 17.9 Å². The lowest BCUT2D eigenvalue weighted by Gasteiger charge is -2.55. The Balaban J connectivity index is 1.32. The van der Waals surface area contributed by atoms with Crippen LogP contribution in [0.15, 0.2) is 42.5 Å². The SMILES string of the molecule is CCOc1cc(CN2CCC3(CC2)CN(c2ccc(C(=O)O)cc2)C3)ccc1N(CC)CC. The van der Waals surface area contributed by atoms with Crippen molar-refractivity contribution in [2.75, 3.05) is 55.7 Å². The first-order chi connectivity index (χ1) is 16.0. The summed E-state index contributed by atoms with van der Waals surface area (Å²) >= 11 is 0. The summed E-state index contributed by atoms with van der Waals surface area (Å²) in [5.41, 5.74) is 4.39. The second-order valence-electron chi connectivity index (χ2n) is 9.39. The highest BCUT2D eigenvalue weighted by molar-refractivity contribution is 5.88. The quantitative estimate of drug-likeness (QED) is 0.595. The molecule has 0 bridgehead atoms. The zero-order valence-corrected chi connectivity index (χ0v) is 20.2. The molecule has 0 atom stereocenters. The Morgan fingerprint density at radius 3 is 2.27 bits per heavy atom. The average molecular weight is 452 g/mol. The number of hydrogen-bond acceptors (Lipinski definition) is 5. The van der Waals surface area contributed by atoms with E-state index in [-0.39, 0.29) is 0 Å². The van der Waals surface area contributed by atoms with Crippen molar-refractivity contribution < 1.29 is 14.6 Å². The van der Waals surface area contributed by atoms with Crippen molar-refractivity contribution in [1.82, 2.24) is 4.90 Å². The fourth-order valence-corrected chi connectivity index (χ4v) is 5.27. The van der Waals surface area contributed by atoms with Crippen LogP contribution in [-0.4, -0.2) is 61.9 Å². The summed E-state index contributed by atoms with van der Waals surface area (Å²) in [5, 5.41) is 9.09. The van der Waals surface area contributed by atoms with Crippen molar-refractivity contribution in [2.45, 2.75) is 40.2 Å². The van der Waals surface area contributed by atoms with E-state index in [0.29, 0.717) is 17.6 Å². The largest absolute Gasteiger partial charge is 0.492 e. The van der Waals surface area contributed by atoms with Gasteiger partial charge in [-0.05, 0) is 88.7 Å². The number of ether oxygens (including phenoxy) is 1. The van der Waals surface area contributed by atoms with Crippen LogP contribution in [0.2, 0.25) is 0 Å². The molecule has 2 saturated heterocycles. The van der Waals surface area contributed by atoms with E-state index in [0.717, 1.165) is 57.3 Å². The monoisotopic (exact) mass is 451 g/mol. The number of carboxylic acid groups (broad SMARTS) is 1. The van der Waals surface area contributed by atoms with Crippen LogP contribution < -0.4 is 14.5 Å². The van der Waals surface area contributed by atoms with E-state index in [1.54, 1.807) is 12.1 Å². The molecule has 2 aromatic carbocycles. The van der Waals surface area contributed by atoms with E-state index >= 15 is 0 Å². The molecule has 178 valence electrons. The number of rotatable bonds is 9. The number of aromatic carboxylic acids is 1. The fourth-order valence-electron chi connectivity index (χ4n) is 5.27. The van der Waals surface area contributed by atoms with E-state index in [4.69, 9.17) is 9.84 Å². The maximum absolute atomic E-state index is 11.1. The van der Waals surface area contributed by atoms with E-state index in [1.165, 1.54) is 24.1 Å². The highest BCUT2D eigenvalue weighted by atomic mass is 16.5. The number of carbonyl (C=O) groups is 1. The average Bonchev–Trinajstić information content (AvgIpc) is 2.80. The van der Waals surface area contributed by atoms with Crippen LogP contribution in [0.1, 0.15) is 49.5 Å². The van der Waals surface area contributed by atoms with Crippen LogP contribution in [0.5, 0.6) is 5.75 Å². The van der Waals surface area contributed by atoms with E-state index in [1.807, 2.05) is 19.1 Å².